The van der Waals surface area contributed by atoms with E-state index in [-0.39, 0.29) is 18.2 Å². The van der Waals surface area contributed by atoms with Gasteiger partial charge in [0, 0.05) is 33.0 Å². The maximum atomic E-state index is 13.7. The van der Waals surface area contributed by atoms with Crippen molar-refractivity contribution >= 4 is 34.9 Å². The number of fused-ring (bicyclic) bond motifs is 1. The molecule has 1 atom stereocenters. The molecule has 0 saturated carbocycles. The number of ketones is 1. The Kier molecular flexibility index (Phi) is 6.36. The summed E-state index contributed by atoms with van der Waals surface area (Å²) in [5.74, 6) is -1.35. The first kappa shape index (κ1) is 23.5. The lowest BCUT2D eigenvalue weighted by Gasteiger charge is -2.30. The monoisotopic (exact) mass is 498 g/mol. The molecule has 5 nitrogen and oxygen atoms in total. The Hall–Kier alpha value is -4.29. The van der Waals surface area contributed by atoms with E-state index in [0.29, 0.717) is 38.5 Å². The van der Waals surface area contributed by atoms with Gasteiger partial charge in [-0.1, -0.05) is 72.3 Å². The second kappa shape index (κ2) is 9.76. The number of halogens is 2. The summed E-state index contributed by atoms with van der Waals surface area (Å²) in [4.78, 5) is 40.7. The average molecular weight is 499 g/mol. The van der Waals surface area contributed by atoms with Crippen LogP contribution in [0.15, 0.2) is 97.1 Å². The number of rotatable bonds is 4. The van der Waals surface area contributed by atoms with Gasteiger partial charge in [0.2, 0.25) is 5.91 Å². The first-order valence-electron chi connectivity index (χ1n) is 11.3. The van der Waals surface area contributed by atoms with Crippen molar-refractivity contribution in [3.63, 3.8) is 0 Å². The molecule has 4 aromatic carbocycles. The Morgan fingerprint density at radius 1 is 0.833 bits per heavy atom. The second-order valence-electron chi connectivity index (χ2n) is 8.44. The van der Waals surface area contributed by atoms with Crippen LogP contribution in [0, 0.1) is 5.82 Å². The minimum atomic E-state index is -0.671. The highest BCUT2D eigenvalue weighted by Crippen LogP contribution is 2.38. The Bertz CT molecular complexity index is 1450. The number of nitrogens with zero attached hydrogens (tertiary/aromatic N) is 1. The lowest BCUT2D eigenvalue weighted by Crippen LogP contribution is -2.39. The van der Waals surface area contributed by atoms with E-state index in [4.69, 9.17) is 11.6 Å². The fourth-order valence-corrected chi connectivity index (χ4v) is 4.53. The minimum Gasteiger partial charge on any atom is -0.324 e. The molecular formula is C29H20ClFN2O3. The number of carbonyl (C=O) groups excluding carboxylic acids is 3. The predicted molar refractivity (Wildman–Crippen MR) is 136 cm³/mol. The summed E-state index contributed by atoms with van der Waals surface area (Å²) >= 11 is 6.16. The van der Waals surface area contributed by atoms with Gasteiger partial charge in [-0.05, 0) is 42.0 Å². The summed E-state index contributed by atoms with van der Waals surface area (Å²) in [6.45, 7) is -0.224. The Balaban J connectivity index is 1.53. The molecule has 178 valence electrons. The van der Waals surface area contributed by atoms with Crippen LogP contribution in [-0.4, -0.2) is 29.0 Å². The van der Waals surface area contributed by atoms with Gasteiger partial charge in [0.25, 0.3) is 5.91 Å². The van der Waals surface area contributed by atoms with Gasteiger partial charge in [0.05, 0.1) is 6.04 Å². The van der Waals surface area contributed by atoms with Gasteiger partial charge in [-0.15, -0.1) is 0 Å². The summed E-state index contributed by atoms with van der Waals surface area (Å²) in [6.07, 6.45) is 0. The summed E-state index contributed by atoms with van der Waals surface area (Å²) in [7, 11) is 0. The number of benzene rings is 4. The molecule has 1 unspecified atom stereocenters. The van der Waals surface area contributed by atoms with Crippen molar-refractivity contribution in [3.8, 4) is 0 Å². The SMILES string of the molecule is O=C1CN(C(=O)c2ccc(C(=O)c3ccccc3)cc2)C(c2ccc(F)cc2)c2ccc(Cl)cc2N1. The van der Waals surface area contributed by atoms with Gasteiger partial charge in [0.1, 0.15) is 12.4 Å². The van der Waals surface area contributed by atoms with Crippen molar-refractivity contribution in [3.05, 3.63) is 136 Å². The Labute approximate surface area is 212 Å². The number of anilines is 1. The first-order chi connectivity index (χ1) is 17.4. The Morgan fingerprint density at radius 3 is 2.17 bits per heavy atom. The van der Waals surface area contributed by atoms with Crippen LogP contribution in [0.3, 0.4) is 0 Å². The first-order valence-corrected chi connectivity index (χ1v) is 11.6. The molecule has 0 aromatic heterocycles. The summed E-state index contributed by atoms with van der Waals surface area (Å²) in [5.41, 5.74) is 3.09. The molecule has 0 aliphatic carbocycles. The van der Waals surface area contributed by atoms with Crippen LogP contribution in [0.4, 0.5) is 10.1 Å². The van der Waals surface area contributed by atoms with E-state index in [9.17, 15) is 18.8 Å². The topological polar surface area (TPSA) is 66.5 Å². The van der Waals surface area contributed by atoms with Crippen molar-refractivity contribution in [2.45, 2.75) is 6.04 Å². The standard InChI is InChI=1S/C29H20ClFN2O3/c30-22-12-15-24-25(16-22)32-26(34)17-33(27(24)18-10-13-23(31)14-11-18)29(36)21-8-6-20(7-9-21)28(35)19-4-2-1-3-5-19/h1-16,27H,17H2,(H,32,34). The van der Waals surface area contributed by atoms with Crippen LogP contribution in [0.25, 0.3) is 0 Å². The normalized spacial score (nSPS) is 15.0. The van der Waals surface area contributed by atoms with Crippen molar-refractivity contribution in [2.24, 2.45) is 0 Å². The van der Waals surface area contributed by atoms with E-state index in [1.54, 1.807) is 78.9 Å². The molecule has 1 aliphatic heterocycles. The molecule has 0 radical (unpaired) electrons. The largest absolute Gasteiger partial charge is 0.324 e. The van der Waals surface area contributed by atoms with Gasteiger partial charge >= 0.3 is 0 Å². The van der Waals surface area contributed by atoms with Crippen LogP contribution in [0.2, 0.25) is 5.02 Å². The third-order valence-corrected chi connectivity index (χ3v) is 6.32. The summed E-state index contributed by atoms with van der Waals surface area (Å²) in [6, 6.07) is 25.4. The summed E-state index contributed by atoms with van der Waals surface area (Å²) in [5, 5.41) is 3.25. The summed E-state index contributed by atoms with van der Waals surface area (Å²) < 4.78 is 13.7. The van der Waals surface area contributed by atoms with E-state index in [1.165, 1.54) is 17.0 Å². The second-order valence-corrected chi connectivity index (χ2v) is 8.88. The predicted octanol–water partition coefficient (Wildman–Crippen LogP) is 5.89. The molecule has 5 rings (SSSR count). The molecule has 0 spiro atoms. The van der Waals surface area contributed by atoms with Crippen molar-refractivity contribution in [1.82, 2.24) is 4.90 Å². The maximum Gasteiger partial charge on any atom is 0.255 e. The number of hydrogen-bond acceptors (Lipinski definition) is 3. The van der Waals surface area contributed by atoms with Crippen LogP contribution >= 0.6 is 11.6 Å². The molecule has 0 fully saturated rings. The maximum absolute atomic E-state index is 13.7. The number of hydrogen-bond donors (Lipinski definition) is 1. The molecular weight excluding hydrogens is 479 g/mol. The average Bonchev–Trinajstić information content (AvgIpc) is 3.04. The van der Waals surface area contributed by atoms with E-state index in [2.05, 4.69) is 5.32 Å². The third kappa shape index (κ3) is 4.63. The van der Waals surface area contributed by atoms with Crippen LogP contribution in [0.1, 0.15) is 43.4 Å². The van der Waals surface area contributed by atoms with Crippen molar-refractivity contribution in [2.75, 3.05) is 11.9 Å². The van der Waals surface area contributed by atoms with Crippen molar-refractivity contribution < 1.29 is 18.8 Å². The van der Waals surface area contributed by atoms with Gasteiger partial charge in [-0.2, -0.15) is 0 Å². The minimum absolute atomic E-state index is 0.154. The van der Waals surface area contributed by atoms with E-state index < -0.39 is 17.8 Å². The van der Waals surface area contributed by atoms with Crippen LogP contribution in [-0.2, 0) is 4.79 Å². The highest BCUT2D eigenvalue weighted by Gasteiger charge is 2.34. The van der Waals surface area contributed by atoms with Crippen molar-refractivity contribution in [1.29, 1.82) is 0 Å². The van der Waals surface area contributed by atoms with Gasteiger partial charge in [-0.3, -0.25) is 14.4 Å². The van der Waals surface area contributed by atoms with E-state index in [1.807, 2.05) is 6.07 Å². The molecule has 1 heterocycles. The zero-order chi connectivity index (χ0) is 25.2. The highest BCUT2D eigenvalue weighted by atomic mass is 35.5. The molecule has 0 saturated heterocycles. The smallest absolute Gasteiger partial charge is 0.255 e. The quantitative estimate of drug-likeness (QED) is 0.356. The van der Waals surface area contributed by atoms with Gasteiger partial charge in [0.15, 0.2) is 5.78 Å². The Morgan fingerprint density at radius 2 is 1.47 bits per heavy atom. The lowest BCUT2D eigenvalue weighted by atomic mass is 9.95. The number of carbonyl (C=O) groups is 3. The molecule has 36 heavy (non-hydrogen) atoms. The fourth-order valence-electron chi connectivity index (χ4n) is 4.36. The zero-order valence-corrected chi connectivity index (χ0v) is 19.7. The molecule has 4 aromatic rings. The van der Waals surface area contributed by atoms with Crippen LogP contribution in [0.5, 0.6) is 0 Å². The third-order valence-electron chi connectivity index (χ3n) is 6.09. The number of amides is 2. The molecule has 2 amide bonds. The highest BCUT2D eigenvalue weighted by molar-refractivity contribution is 6.31. The van der Waals surface area contributed by atoms with Crippen LogP contribution < -0.4 is 5.32 Å². The number of nitrogens with one attached hydrogen (secondary N) is 1. The fraction of sp³-hybridized carbons (Fsp3) is 0.0690. The molecule has 0 bridgehead atoms. The molecule has 7 heteroatoms. The zero-order valence-electron chi connectivity index (χ0n) is 18.9. The van der Waals surface area contributed by atoms with E-state index in [0.717, 1.165) is 0 Å². The molecule has 1 N–H and O–H groups in total. The lowest BCUT2D eigenvalue weighted by molar-refractivity contribution is -0.117. The van der Waals surface area contributed by atoms with Gasteiger partial charge < -0.3 is 10.2 Å². The molecule has 1 aliphatic rings. The van der Waals surface area contributed by atoms with Gasteiger partial charge in [-0.25, -0.2) is 4.39 Å². The van der Waals surface area contributed by atoms with E-state index >= 15 is 0 Å².